The van der Waals surface area contributed by atoms with Gasteiger partial charge in [0, 0.05) is 38.0 Å². The van der Waals surface area contributed by atoms with Gasteiger partial charge in [0.1, 0.15) is 0 Å². The monoisotopic (exact) mass is 369 g/mol. The van der Waals surface area contributed by atoms with Crippen LogP contribution in [0.5, 0.6) is 0 Å². The molecule has 2 N–H and O–H groups in total. The molecule has 1 saturated carbocycles. The number of rotatable bonds is 3. The molecule has 2 aliphatic carbocycles. The van der Waals surface area contributed by atoms with Crippen molar-refractivity contribution in [2.75, 3.05) is 39.3 Å². The molecule has 5 heteroatoms. The summed E-state index contributed by atoms with van der Waals surface area (Å²) in [6, 6.07) is 8.69. The number of nitrogens with zero attached hydrogens (tertiary/aromatic N) is 2. The van der Waals surface area contributed by atoms with E-state index in [1.54, 1.807) is 0 Å². The van der Waals surface area contributed by atoms with Crippen LogP contribution >= 0.6 is 0 Å². The normalized spacial score (nSPS) is 31.5. The van der Waals surface area contributed by atoms with E-state index in [0.717, 1.165) is 44.9 Å². The van der Waals surface area contributed by atoms with E-state index < -0.39 is 0 Å². The van der Waals surface area contributed by atoms with Crippen molar-refractivity contribution in [1.29, 1.82) is 0 Å². The van der Waals surface area contributed by atoms with E-state index in [1.165, 1.54) is 30.5 Å². The van der Waals surface area contributed by atoms with Crippen LogP contribution in [0.15, 0.2) is 24.3 Å². The summed E-state index contributed by atoms with van der Waals surface area (Å²) in [4.78, 5) is 16.7. The molecular weight excluding hydrogens is 338 g/mol. The molecule has 1 spiro atoms. The first kappa shape index (κ1) is 17.7. The summed E-state index contributed by atoms with van der Waals surface area (Å²) >= 11 is 0. The molecule has 5 nitrogen and oxygen atoms in total. The van der Waals surface area contributed by atoms with Crippen LogP contribution in [-0.2, 0) is 10.2 Å². The van der Waals surface area contributed by atoms with Gasteiger partial charge in [-0.3, -0.25) is 9.69 Å². The van der Waals surface area contributed by atoms with Crippen molar-refractivity contribution in [2.45, 2.75) is 49.7 Å². The predicted octanol–water partition coefficient (Wildman–Crippen LogP) is 1.67. The Labute approximate surface area is 161 Å². The van der Waals surface area contributed by atoms with Crippen LogP contribution in [0.1, 0.15) is 49.3 Å². The number of fused-ring (bicyclic) bond motifs is 2. The molecule has 5 rings (SSSR count). The molecule has 0 radical (unpaired) electrons. The Kier molecular flexibility index (Phi) is 4.49. The predicted molar refractivity (Wildman–Crippen MR) is 104 cm³/mol. The van der Waals surface area contributed by atoms with Gasteiger partial charge < -0.3 is 15.3 Å². The number of benzene rings is 1. The van der Waals surface area contributed by atoms with Gasteiger partial charge in [-0.2, -0.15) is 0 Å². The molecule has 4 aliphatic rings. The fourth-order valence-electron chi connectivity index (χ4n) is 5.66. The van der Waals surface area contributed by atoms with E-state index in [4.69, 9.17) is 0 Å². The molecule has 0 bridgehead atoms. The zero-order valence-corrected chi connectivity index (χ0v) is 16.1. The number of carbonyl (C=O) groups is 1. The molecule has 1 aromatic rings. The third-order valence-corrected chi connectivity index (χ3v) is 7.38. The highest BCUT2D eigenvalue weighted by Gasteiger charge is 2.54. The zero-order chi connectivity index (χ0) is 18.4. The molecule has 27 heavy (non-hydrogen) atoms. The Morgan fingerprint density at radius 1 is 1.11 bits per heavy atom. The van der Waals surface area contributed by atoms with Crippen LogP contribution in [0.4, 0.5) is 0 Å². The highest BCUT2D eigenvalue weighted by Crippen LogP contribution is 2.53. The Bertz CT molecular complexity index is 709. The molecule has 1 aromatic carbocycles. The van der Waals surface area contributed by atoms with E-state index in [-0.39, 0.29) is 23.5 Å². The zero-order valence-electron chi connectivity index (χ0n) is 16.1. The molecule has 2 atom stereocenters. The van der Waals surface area contributed by atoms with Crippen molar-refractivity contribution in [2.24, 2.45) is 5.92 Å². The van der Waals surface area contributed by atoms with E-state index in [9.17, 15) is 9.90 Å². The van der Waals surface area contributed by atoms with Gasteiger partial charge in [0.15, 0.2) is 0 Å². The first-order valence-corrected chi connectivity index (χ1v) is 10.7. The maximum Gasteiger partial charge on any atom is 0.221 e. The minimum absolute atomic E-state index is 0.0175. The summed E-state index contributed by atoms with van der Waals surface area (Å²) < 4.78 is 0. The van der Waals surface area contributed by atoms with Crippen molar-refractivity contribution >= 4 is 5.91 Å². The average molecular weight is 370 g/mol. The summed E-state index contributed by atoms with van der Waals surface area (Å²) in [5.41, 5.74) is 2.53. The lowest BCUT2D eigenvalue weighted by Gasteiger charge is -2.44. The SMILES string of the molecule is O=C1CCN([C@H]2c3ccccc3C3(CCN(CC4CC4)CC3)[C@@H]2O)CCN1. The van der Waals surface area contributed by atoms with E-state index in [0.29, 0.717) is 13.0 Å². The Morgan fingerprint density at radius 2 is 1.89 bits per heavy atom. The Balaban J connectivity index is 1.41. The van der Waals surface area contributed by atoms with Gasteiger partial charge in [-0.25, -0.2) is 0 Å². The Hall–Kier alpha value is -1.43. The lowest BCUT2D eigenvalue weighted by molar-refractivity contribution is -0.120. The van der Waals surface area contributed by atoms with Crippen molar-refractivity contribution in [3.8, 4) is 0 Å². The number of piperidine rings is 1. The first-order chi connectivity index (χ1) is 13.2. The molecular formula is C22H31N3O2. The molecule has 0 unspecified atom stereocenters. The minimum Gasteiger partial charge on any atom is -0.390 e. The maximum absolute atomic E-state index is 11.8. The van der Waals surface area contributed by atoms with Gasteiger partial charge in [0.05, 0.1) is 12.1 Å². The number of hydrogen-bond acceptors (Lipinski definition) is 4. The highest BCUT2D eigenvalue weighted by molar-refractivity contribution is 5.76. The molecule has 2 aliphatic heterocycles. The minimum atomic E-state index is -0.383. The Morgan fingerprint density at radius 3 is 2.67 bits per heavy atom. The number of amides is 1. The van der Waals surface area contributed by atoms with Crippen molar-refractivity contribution in [3.05, 3.63) is 35.4 Å². The van der Waals surface area contributed by atoms with Gasteiger partial charge in [0.2, 0.25) is 5.91 Å². The molecule has 2 heterocycles. The summed E-state index contributed by atoms with van der Waals surface area (Å²) in [6.45, 7) is 5.64. The lowest BCUT2D eigenvalue weighted by atomic mass is 9.72. The largest absolute Gasteiger partial charge is 0.390 e. The van der Waals surface area contributed by atoms with Crippen LogP contribution in [0, 0.1) is 5.92 Å². The van der Waals surface area contributed by atoms with E-state index in [1.807, 2.05) is 0 Å². The average Bonchev–Trinajstić information content (AvgIpc) is 3.49. The molecule has 0 aromatic heterocycles. The summed E-state index contributed by atoms with van der Waals surface area (Å²) in [5.74, 6) is 1.05. The lowest BCUT2D eigenvalue weighted by Crippen LogP contribution is -2.50. The quantitative estimate of drug-likeness (QED) is 0.851. The van der Waals surface area contributed by atoms with Crippen molar-refractivity contribution in [3.63, 3.8) is 0 Å². The van der Waals surface area contributed by atoms with Gasteiger partial charge >= 0.3 is 0 Å². The fraction of sp³-hybridized carbons (Fsp3) is 0.682. The number of nitrogens with one attached hydrogen (secondary N) is 1. The van der Waals surface area contributed by atoms with Gasteiger partial charge in [-0.05, 0) is 55.8 Å². The van der Waals surface area contributed by atoms with Gasteiger partial charge in [-0.15, -0.1) is 0 Å². The molecule has 2 saturated heterocycles. The maximum atomic E-state index is 11.8. The first-order valence-electron chi connectivity index (χ1n) is 10.7. The highest BCUT2D eigenvalue weighted by atomic mass is 16.3. The summed E-state index contributed by atoms with van der Waals surface area (Å²) in [6.07, 6.45) is 5.02. The second-order valence-corrected chi connectivity index (χ2v) is 9.01. The van der Waals surface area contributed by atoms with Crippen LogP contribution < -0.4 is 5.32 Å². The second-order valence-electron chi connectivity index (χ2n) is 9.01. The number of aliphatic hydroxyl groups excluding tert-OH is 1. The smallest absolute Gasteiger partial charge is 0.221 e. The summed E-state index contributed by atoms with van der Waals surface area (Å²) in [5, 5.41) is 14.6. The van der Waals surface area contributed by atoms with E-state index in [2.05, 4.69) is 39.4 Å². The number of carbonyl (C=O) groups excluding carboxylic acids is 1. The third-order valence-electron chi connectivity index (χ3n) is 7.38. The third kappa shape index (κ3) is 3.10. The molecule has 1 amide bonds. The number of aliphatic hydroxyl groups is 1. The van der Waals surface area contributed by atoms with Crippen LogP contribution in [0.25, 0.3) is 0 Å². The number of likely N-dealkylation sites (tertiary alicyclic amines) is 1. The van der Waals surface area contributed by atoms with Crippen molar-refractivity contribution in [1.82, 2.24) is 15.1 Å². The van der Waals surface area contributed by atoms with Crippen LogP contribution in [0.2, 0.25) is 0 Å². The van der Waals surface area contributed by atoms with Crippen molar-refractivity contribution < 1.29 is 9.90 Å². The second kappa shape index (κ2) is 6.87. The molecule has 3 fully saturated rings. The molecule has 146 valence electrons. The van der Waals surface area contributed by atoms with Crippen LogP contribution in [-0.4, -0.2) is 66.2 Å². The topological polar surface area (TPSA) is 55.8 Å². The standard InChI is InChI=1S/C22H31N3O2/c26-19-7-11-25(14-10-23-19)20-17-3-1-2-4-18(17)22(21(20)27)8-12-24(13-9-22)15-16-5-6-16/h1-4,16,20-21,27H,5-15H2,(H,23,26)/t20-,21+/m0/s1. The summed E-state index contributed by atoms with van der Waals surface area (Å²) in [7, 11) is 0. The number of hydrogen-bond donors (Lipinski definition) is 2. The van der Waals surface area contributed by atoms with E-state index >= 15 is 0 Å². The van der Waals surface area contributed by atoms with Crippen LogP contribution in [0.3, 0.4) is 0 Å². The van der Waals surface area contributed by atoms with Gasteiger partial charge in [-0.1, -0.05) is 24.3 Å². The van der Waals surface area contributed by atoms with Gasteiger partial charge in [0.25, 0.3) is 0 Å². The fourth-order valence-corrected chi connectivity index (χ4v) is 5.66.